The molecule has 162 valence electrons. The van der Waals surface area contributed by atoms with Crippen molar-refractivity contribution in [3.8, 4) is 5.75 Å². The maximum Gasteiger partial charge on any atom is 0.312 e. The Bertz CT molecular complexity index is 899. The van der Waals surface area contributed by atoms with Crippen LogP contribution in [0, 0.1) is 34.3 Å². The van der Waals surface area contributed by atoms with Crippen molar-refractivity contribution in [1.29, 1.82) is 0 Å². The van der Waals surface area contributed by atoms with E-state index in [0.717, 1.165) is 19.3 Å². The van der Waals surface area contributed by atoms with Crippen molar-refractivity contribution in [2.45, 2.75) is 51.0 Å². The van der Waals surface area contributed by atoms with Crippen LogP contribution in [0.4, 0.5) is 11.4 Å². The van der Waals surface area contributed by atoms with Gasteiger partial charge in [0.05, 0.1) is 23.0 Å². The highest BCUT2D eigenvalue weighted by Gasteiger charge is 2.60. The number of nitro benzene ring substituents is 1. The number of esters is 1. The van der Waals surface area contributed by atoms with E-state index < -0.39 is 34.4 Å². The van der Waals surface area contributed by atoms with Crippen LogP contribution in [0.1, 0.15) is 44.1 Å². The zero-order chi connectivity index (χ0) is 21.7. The highest BCUT2D eigenvalue weighted by Crippen LogP contribution is 2.61. The van der Waals surface area contributed by atoms with E-state index >= 15 is 0 Å². The molecule has 5 rings (SSSR count). The van der Waals surface area contributed by atoms with Crippen molar-refractivity contribution >= 4 is 23.3 Å². The second-order valence-electron chi connectivity index (χ2n) is 9.19. The lowest BCUT2D eigenvalue weighted by Gasteiger charge is -2.58. The summed E-state index contributed by atoms with van der Waals surface area (Å²) >= 11 is 0. The minimum atomic E-state index is -0.780. The number of rotatable bonds is 6. The summed E-state index contributed by atoms with van der Waals surface area (Å²) in [6.07, 6.45) is 4.39. The van der Waals surface area contributed by atoms with Gasteiger partial charge in [-0.25, -0.2) is 0 Å². The van der Waals surface area contributed by atoms with Gasteiger partial charge in [-0.3, -0.25) is 19.7 Å². The summed E-state index contributed by atoms with van der Waals surface area (Å²) in [5.41, 5.74) is -0.823. The highest BCUT2D eigenvalue weighted by atomic mass is 16.6. The van der Waals surface area contributed by atoms with Crippen molar-refractivity contribution in [1.82, 2.24) is 0 Å². The van der Waals surface area contributed by atoms with Gasteiger partial charge in [-0.05, 0) is 62.8 Å². The van der Waals surface area contributed by atoms with Gasteiger partial charge in [0.25, 0.3) is 5.91 Å². The van der Waals surface area contributed by atoms with E-state index in [9.17, 15) is 24.8 Å². The van der Waals surface area contributed by atoms with Crippen LogP contribution in [0.15, 0.2) is 12.1 Å². The number of carbonyl (C=O) groups is 2. The van der Waals surface area contributed by atoms with Gasteiger partial charge in [-0.2, -0.15) is 0 Å². The topological polar surface area (TPSA) is 128 Å². The summed E-state index contributed by atoms with van der Waals surface area (Å²) in [6.45, 7) is 1.18. The van der Waals surface area contributed by atoms with Gasteiger partial charge in [-0.15, -0.1) is 0 Å². The molecule has 0 aliphatic heterocycles. The number of nitro groups is 1. The second kappa shape index (κ2) is 7.23. The Morgan fingerprint density at radius 1 is 1.27 bits per heavy atom. The lowest BCUT2D eigenvalue weighted by molar-refractivity contribution is -0.385. The van der Waals surface area contributed by atoms with Gasteiger partial charge in [0.15, 0.2) is 12.4 Å². The number of ether oxygens (including phenoxy) is 2. The Morgan fingerprint density at radius 2 is 1.93 bits per heavy atom. The second-order valence-corrected chi connectivity index (χ2v) is 9.19. The summed E-state index contributed by atoms with van der Waals surface area (Å²) in [5, 5.41) is 24.5. The van der Waals surface area contributed by atoms with Crippen molar-refractivity contribution in [3.05, 3.63) is 27.8 Å². The SMILES string of the molecule is COc1cc(NC(=O)COC(=O)C23C[C@@H]4C[C@@H](CC(O)(C4)C2)C3)c(C)cc1[N+](=O)[O-]. The van der Waals surface area contributed by atoms with Gasteiger partial charge < -0.3 is 19.9 Å². The average Bonchev–Trinajstić information content (AvgIpc) is 2.65. The van der Waals surface area contributed by atoms with Gasteiger partial charge in [-0.1, -0.05) is 0 Å². The van der Waals surface area contributed by atoms with Gasteiger partial charge in [0.2, 0.25) is 0 Å². The monoisotopic (exact) mass is 418 g/mol. The first kappa shape index (κ1) is 20.6. The van der Waals surface area contributed by atoms with Crippen molar-refractivity contribution in [3.63, 3.8) is 0 Å². The molecular weight excluding hydrogens is 392 g/mol. The van der Waals surface area contributed by atoms with Crippen LogP contribution in [-0.4, -0.2) is 41.2 Å². The Morgan fingerprint density at radius 3 is 2.50 bits per heavy atom. The summed E-state index contributed by atoms with van der Waals surface area (Å²) in [6, 6.07) is 2.69. The molecule has 1 aromatic carbocycles. The Hall–Kier alpha value is -2.68. The first-order valence-corrected chi connectivity index (χ1v) is 10.2. The Labute approximate surface area is 173 Å². The largest absolute Gasteiger partial charge is 0.490 e. The van der Waals surface area contributed by atoms with Gasteiger partial charge >= 0.3 is 11.7 Å². The highest BCUT2D eigenvalue weighted by molar-refractivity contribution is 5.94. The first-order valence-electron chi connectivity index (χ1n) is 10.2. The van der Waals surface area contributed by atoms with Crippen LogP contribution in [0.5, 0.6) is 5.75 Å². The number of aryl methyl sites for hydroxylation is 1. The molecule has 2 unspecified atom stereocenters. The van der Waals surface area contributed by atoms with E-state index in [1.807, 2.05) is 0 Å². The Balaban J connectivity index is 1.40. The molecule has 0 radical (unpaired) electrons. The number of hydrogen-bond acceptors (Lipinski definition) is 7. The number of aliphatic hydroxyl groups is 1. The third-order valence-corrected chi connectivity index (χ3v) is 6.79. The number of carbonyl (C=O) groups excluding carboxylic acids is 2. The van der Waals surface area contributed by atoms with Crippen molar-refractivity contribution in [2.75, 3.05) is 19.0 Å². The number of methoxy groups -OCH3 is 1. The maximum absolute atomic E-state index is 12.9. The van der Waals surface area contributed by atoms with E-state index in [1.165, 1.54) is 19.2 Å². The molecule has 9 nitrogen and oxygen atoms in total. The predicted molar refractivity (Wildman–Crippen MR) is 106 cm³/mol. The van der Waals surface area contributed by atoms with Gasteiger partial charge in [0, 0.05) is 17.8 Å². The quantitative estimate of drug-likeness (QED) is 0.413. The molecule has 4 fully saturated rings. The molecule has 30 heavy (non-hydrogen) atoms. The lowest BCUT2D eigenvalue weighted by Crippen LogP contribution is -2.58. The molecule has 1 aromatic rings. The number of benzene rings is 1. The standard InChI is InChI=1S/C21H26N2O7/c1-12-3-16(23(27)28)17(29-2)5-15(12)22-18(24)10-30-19(25)20-6-13-4-14(7-20)9-21(26,8-13)11-20/h3,5,13-14,26H,4,6-11H2,1-2H3,(H,22,24)/t13-,14+,20?,21?. The van der Waals surface area contributed by atoms with Crippen LogP contribution in [-0.2, 0) is 14.3 Å². The molecule has 4 aliphatic rings. The van der Waals surface area contributed by atoms with E-state index in [4.69, 9.17) is 9.47 Å². The Kier molecular flexibility index (Phi) is 4.96. The van der Waals surface area contributed by atoms with Gasteiger partial charge in [0.1, 0.15) is 0 Å². The minimum Gasteiger partial charge on any atom is -0.490 e. The molecule has 9 heteroatoms. The zero-order valence-corrected chi connectivity index (χ0v) is 17.1. The number of anilines is 1. The molecule has 4 saturated carbocycles. The molecule has 0 aromatic heterocycles. The number of nitrogens with one attached hydrogen (secondary N) is 1. The summed E-state index contributed by atoms with van der Waals surface area (Å²) in [7, 11) is 1.31. The minimum absolute atomic E-state index is 0.0275. The van der Waals surface area contributed by atoms with Crippen LogP contribution in [0.25, 0.3) is 0 Å². The van der Waals surface area contributed by atoms with Crippen LogP contribution >= 0.6 is 0 Å². The molecule has 0 saturated heterocycles. The van der Waals surface area contributed by atoms with E-state index in [-0.39, 0.29) is 11.4 Å². The number of hydrogen-bond donors (Lipinski definition) is 2. The third kappa shape index (κ3) is 3.62. The van der Waals surface area contributed by atoms with E-state index in [2.05, 4.69) is 5.32 Å². The van der Waals surface area contributed by atoms with Crippen molar-refractivity contribution in [2.24, 2.45) is 17.3 Å². The number of nitrogens with zero attached hydrogens (tertiary/aromatic N) is 1. The van der Waals surface area contributed by atoms with Crippen LogP contribution in [0.2, 0.25) is 0 Å². The molecule has 2 N–H and O–H groups in total. The first-order chi connectivity index (χ1) is 14.1. The summed E-state index contributed by atoms with van der Waals surface area (Å²) in [5.74, 6) is -0.241. The smallest absolute Gasteiger partial charge is 0.312 e. The lowest BCUT2D eigenvalue weighted by atomic mass is 9.48. The molecule has 4 atom stereocenters. The fraction of sp³-hybridized carbons (Fsp3) is 0.619. The zero-order valence-electron chi connectivity index (χ0n) is 17.1. The van der Waals surface area contributed by atoms with Crippen LogP contribution < -0.4 is 10.1 Å². The molecule has 4 bridgehead atoms. The molecule has 4 aliphatic carbocycles. The fourth-order valence-corrected chi connectivity index (χ4v) is 6.04. The molecule has 0 heterocycles. The number of amides is 1. The fourth-order valence-electron chi connectivity index (χ4n) is 6.04. The normalized spacial score (nSPS) is 31.3. The third-order valence-electron chi connectivity index (χ3n) is 6.79. The maximum atomic E-state index is 12.9. The van der Waals surface area contributed by atoms with Crippen molar-refractivity contribution < 1.29 is 29.1 Å². The van der Waals surface area contributed by atoms with E-state index in [1.54, 1.807) is 6.92 Å². The molecule has 0 spiro atoms. The summed E-state index contributed by atoms with van der Waals surface area (Å²) < 4.78 is 10.4. The summed E-state index contributed by atoms with van der Waals surface area (Å²) in [4.78, 5) is 35.8. The van der Waals surface area contributed by atoms with Crippen LogP contribution in [0.3, 0.4) is 0 Å². The van der Waals surface area contributed by atoms with E-state index in [0.29, 0.717) is 42.3 Å². The molecule has 1 amide bonds. The average molecular weight is 418 g/mol. The predicted octanol–water partition coefficient (Wildman–Crippen LogP) is 2.72. The molecular formula is C21H26N2O7.